The molecule has 1 aromatic carbocycles. The van der Waals surface area contributed by atoms with E-state index in [2.05, 4.69) is 29.3 Å². The molecular weight excluding hydrogens is 272 g/mol. The summed E-state index contributed by atoms with van der Waals surface area (Å²) in [5.74, 6) is 0. The van der Waals surface area contributed by atoms with Crippen LogP contribution in [0.25, 0.3) is 0 Å². The molecule has 1 heterocycles. The van der Waals surface area contributed by atoms with E-state index in [1.54, 1.807) is 0 Å². The first-order valence-electron chi connectivity index (χ1n) is 7.58. The maximum absolute atomic E-state index is 9.36. The topological polar surface area (TPSA) is 35.5 Å². The minimum absolute atomic E-state index is 0.205. The minimum Gasteiger partial charge on any atom is -0.395 e. The fourth-order valence-electron chi connectivity index (χ4n) is 3.09. The molecule has 1 aromatic rings. The van der Waals surface area contributed by atoms with Gasteiger partial charge in [-0.1, -0.05) is 30.7 Å². The maximum atomic E-state index is 9.36. The van der Waals surface area contributed by atoms with Gasteiger partial charge in [0.1, 0.15) is 0 Å². The predicted octanol–water partition coefficient (Wildman–Crippen LogP) is 2.84. The molecule has 4 heteroatoms. The van der Waals surface area contributed by atoms with Gasteiger partial charge in [0.15, 0.2) is 0 Å². The molecule has 2 N–H and O–H groups in total. The Bertz CT molecular complexity index is 390. The Morgan fingerprint density at radius 3 is 2.70 bits per heavy atom. The second-order valence-corrected chi connectivity index (χ2v) is 5.92. The van der Waals surface area contributed by atoms with Crippen LogP contribution in [0.4, 0.5) is 0 Å². The van der Waals surface area contributed by atoms with E-state index >= 15 is 0 Å². The molecule has 2 atom stereocenters. The van der Waals surface area contributed by atoms with E-state index in [0.29, 0.717) is 12.1 Å². The Morgan fingerprint density at radius 1 is 1.40 bits per heavy atom. The van der Waals surface area contributed by atoms with E-state index in [0.717, 1.165) is 31.1 Å². The van der Waals surface area contributed by atoms with E-state index < -0.39 is 0 Å². The highest BCUT2D eigenvalue weighted by molar-refractivity contribution is 6.30. The van der Waals surface area contributed by atoms with Crippen LogP contribution in [0.2, 0.25) is 5.02 Å². The third-order valence-corrected chi connectivity index (χ3v) is 4.34. The van der Waals surface area contributed by atoms with Crippen molar-refractivity contribution in [1.82, 2.24) is 10.2 Å². The van der Waals surface area contributed by atoms with Crippen molar-refractivity contribution in [2.75, 3.05) is 26.2 Å². The van der Waals surface area contributed by atoms with Crippen molar-refractivity contribution >= 4 is 11.6 Å². The lowest BCUT2D eigenvalue weighted by molar-refractivity contribution is 0.136. The molecule has 0 bridgehead atoms. The van der Waals surface area contributed by atoms with E-state index in [9.17, 15) is 5.11 Å². The highest BCUT2D eigenvalue weighted by atomic mass is 35.5. The molecule has 2 unspecified atom stereocenters. The molecule has 1 aliphatic rings. The Morgan fingerprint density at radius 2 is 2.15 bits per heavy atom. The molecule has 0 saturated carbocycles. The molecule has 0 amide bonds. The second kappa shape index (κ2) is 7.99. The van der Waals surface area contributed by atoms with Crippen molar-refractivity contribution in [2.45, 2.75) is 38.3 Å². The number of hydrogen-bond acceptors (Lipinski definition) is 3. The summed E-state index contributed by atoms with van der Waals surface area (Å²) in [5.41, 5.74) is 1.28. The molecule has 3 nitrogen and oxygen atoms in total. The van der Waals surface area contributed by atoms with Gasteiger partial charge < -0.3 is 10.4 Å². The Labute approximate surface area is 126 Å². The van der Waals surface area contributed by atoms with Crippen LogP contribution in [0, 0.1) is 0 Å². The van der Waals surface area contributed by atoms with Crippen molar-refractivity contribution < 1.29 is 5.11 Å². The summed E-state index contributed by atoms with van der Waals surface area (Å²) in [6.07, 6.45) is 3.53. The third-order valence-electron chi connectivity index (χ3n) is 4.09. The number of rotatable bonds is 7. The van der Waals surface area contributed by atoms with E-state index in [4.69, 9.17) is 11.6 Å². The molecule has 0 radical (unpaired) electrons. The van der Waals surface area contributed by atoms with Gasteiger partial charge in [-0.15, -0.1) is 0 Å². The number of nitrogens with one attached hydrogen (secondary N) is 1. The van der Waals surface area contributed by atoms with Crippen LogP contribution >= 0.6 is 11.6 Å². The molecule has 0 aromatic heterocycles. The number of halogens is 1. The summed E-state index contributed by atoms with van der Waals surface area (Å²) in [7, 11) is 0. The molecule has 0 aliphatic carbocycles. The van der Waals surface area contributed by atoms with Gasteiger partial charge in [0.05, 0.1) is 6.61 Å². The van der Waals surface area contributed by atoms with Crippen LogP contribution < -0.4 is 5.32 Å². The van der Waals surface area contributed by atoms with Gasteiger partial charge in [0, 0.05) is 30.2 Å². The lowest BCUT2D eigenvalue weighted by Gasteiger charge is -2.33. The smallest absolute Gasteiger partial charge is 0.0558 e. The van der Waals surface area contributed by atoms with Gasteiger partial charge in [-0.3, -0.25) is 4.90 Å². The summed E-state index contributed by atoms with van der Waals surface area (Å²) in [6, 6.07) is 9.01. The van der Waals surface area contributed by atoms with Crippen LogP contribution in [-0.2, 0) is 0 Å². The summed E-state index contributed by atoms with van der Waals surface area (Å²) >= 11 is 5.97. The van der Waals surface area contributed by atoms with Crippen LogP contribution in [0.5, 0.6) is 0 Å². The molecule has 1 saturated heterocycles. The lowest BCUT2D eigenvalue weighted by atomic mass is 10.0. The zero-order chi connectivity index (χ0) is 14.4. The summed E-state index contributed by atoms with van der Waals surface area (Å²) in [6.45, 7) is 5.25. The molecule has 0 spiro atoms. The van der Waals surface area contributed by atoms with Crippen LogP contribution in [-0.4, -0.2) is 42.3 Å². The van der Waals surface area contributed by atoms with Crippen LogP contribution in [0.1, 0.15) is 37.8 Å². The first-order valence-corrected chi connectivity index (χ1v) is 7.96. The predicted molar refractivity (Wildman–Crippen MR) is 84.2 cm³/mol. The van der Waals surface area contributed by atoms with Gasteiger partial charge >= 0.3 is 0 Å². The SMILES string of the molecule is CCC(c1ccc(Cl)cc1)N(CCO)CC1CCCN1. The monoisotopic (exact) mass is 296 g/mol. The molecule has 1 aliphatic heterocycles. The fourth-order valence-corrected chi connectivity index (χ4v) is 3.21. The Hall–Kier alpha value is -0.610. The zero-order valence-corrected chi connectivity index (χ0v) is 12.9. The number of benzene rings is 1. The normalized spacial score (nSPS) is 20.5. The molecule has 1 fully saturated rings. The van der Waals surface area contributed by atoms with Gasteiger partial charge in [-0.25, -0.2) is 0 Å². The second-order valence-electron chi connectivity index (χ2n) is 5.49. The highest BCUT2D eigenvalue weighted by Gasteiger charge is 2.23. The van der Waals surface area contributed by atoms with Crippen molar-refractivity contribution in [1.29, 1.82) is 0 Å². The van der Waals surface area contributed by atoms with Crippen LogP contribution in [0.3, 0.4) is 0 Å². The van der Waals surface area contributed by atoms with Crippen molar-refractivity contribution in [3.05, 3.63) is 34.9 Å². The standard InChI is InChI=1S/C16H25ClN2O/c1-2-16(13-5-7-14(17)8-6-13)19(10-11-20)12-15-4-3-9-18-15/h5-8,15-16,18,20H,2-4,9-12H2,1H3. The maximum Gasteiger partial charge on any atom is 0.0558 e. The summed E-state index contributed by atoms with van der Waals surface area (Å²) in [4.78, 5) is 2.40. The molecular formula is C16H25ClN2O. The van der Waals surface area contributed by atoms with E-state index in [1.165, 1.54) is 18.4 Å². The number of hydrogen-bond donors (Lipinski definition) is 2. The molecule has 20 heavy (non-hydrogen) atoms. The average Bonchev–Trinajstić information content (AvgIpc) is 2.95. The Balaban J connectivity index is 2.08. The lowest BCUT2D eigenvalue weighted by Crippen LogP contribution is -2.41. The third kappa shape index (κ3) is 4.19. The van der Waals surface area contributed by atoms with Crippen molar-refractivity contribution in [3.8, 4) is 0 Å². The van der Waals surface area contributed by atoms with Crippen molar-refractivity contribution in [3.63, 3.8) is 0 Å². The summed E-state index contributed by atoms with van der Waals surface area (Å²) < 4.78 is 0. The minimum atomic E-state index is 0.205. The first kappa shape index (κ1) is 15.8. The Kier molecular flexibility index (Phi) is 6.30. The van der Waals surface area contributed by atoms with E-state index in [1.807, 2.05) is 12.1 Å². The van der Waals surface area contributed by atoms with E-state index in [-0.39, 0.29) is 6.61 Å². The summed E-state index contributed by atoms with van der Waals surface area (Å²) in [5, 5.41) is 13.7. The first-order chi connectivity index (χ1) is 9.74. The van der Waals surface area contributed by atoms with Gasteiger partial charge in [-0.05, 0) is 43.5 Å². The van der Waals surface area contributed by atoms with Crippen molar-refractivity contribution in [2.24, 2.45) is 0 Å². The largest absolute Gasteiger partial charge is 0.395 e. The quantitative estimate of drug-likeness (QED) is 0.812. The number of aliphatic hydroxyl groups is 1. The van der Waals surface area contributed by atoms with Gasteiger partial charge in [0.25, 0.3) is 0 Å². The highest BCUT2D eigenvalue weighted by Crippen LogP contribution is 2.26. The van der Waals surface area contributed by atoms with Crippen LogP contribution in [0.15, 0.2) is 24.3 Å². The molecule has 112 valence electrons. The van der Waals surface area contributed by atoms with Gasteiger partial charge in [-0.2, -0.15) is 0 Å². The number of nitrogens with zero attached hydrogens (tertiary/aromatic N) is 1. The van der Waals surface area contributed by atoms with Gasteiger partial charge in [0.2, 0.25) is 0 Å². The average molecular weight is 297 g/mol. The fraction of sp³-hybridized carbons (Fsp3) is 0.625. The number of aliphatic hydroxyl groups excluding tert-OH is 1. The zero-order valence-electron chi connectivity index (χ0n) is 12.2. The molecule has 2 rings (SSSR count).